The van der Waals surface area contributed by atoms with Gasteiger partial charge in [0.25, 0.3) is 0 Å². The van der Waals surface area contributed by atoms with Gasteiger partial charge < -0.3 is 0 Å². The Morgan fingerprint density at radius 3 is 1.00 bits per heavy atom. The summed E-state index contributed by atoms with van der Waals surface area (Å²) >= 11 is 14.2. The van der Waals surface area contributed by atoms with Gasteiger partial charge in [-0.1, -0.05) is 83.1 Å². The highest BCUT2D eigenvalue weighted by Gasteiger charge is 2.52. The molecule has 2 rings (SSSR count). The zero-order valence-electron chi connectivity index (χ0n) is 21.9. The Hall–Kier alpha value is -1.12. The van der Waals surface area contributed by atoms with Crippen LogP contribution < -0.4 is 0 Å². The van der Waals surface area contributed by atoms with Crippen molar-refractivity contribution < 1.29 is 9.59 Å². The number of alkyl halides is 2. The smallest absolute Gasteiger partial charge is 0.184 e. The van der Waals surface area contributed by atoms with E-state index in [4.69, 9.17) is 23.2 Å². The van der Waals surface area contributed by atoms with Crippen molar-refractivity contribution in [1.29, 1.82) is 0 Å². The van der Waals surface area contributed by atoms with Gasteiger partial charge in [-0.3, -0.25) is 9.59 Å². The molecule has 2 aliphatic rings. The van der Waals surface area contributed by atoms with Gasteiger partial charge in [0.05, 0.1) is 0 Å². The largest absolute Gasteiger partial charge is 0.292 e. The average Bonchev–Trinajstić information content (AvgIpc) is 2.55. The first-order valence-corrected chi connectivity index (χ1v) is 12.1. The van der Waals surface area contributed by atoms with E-state index in [0.29, 0.717) is 11.1 Å². The third-order valence-electron chi connectivity index (χ3n) is 6.59. The van der Waals surface area contributed by atoms with E-state index < -0.39 is 20.6 Å². The molecular weight excluding hydrogens is 439 g/mol. The Kier molecular flexibility index (Phi) is 6.53. The fraction of sp³-hybridized carbons (Fsp3) is 0.643. The molecule has 0 aliphatic heterocycles. The fourth-order valence-corrected chi connectivity index (χ4v) is 4.48. The van der Waals surface area contributed by atoms with Crippen molar-refractivity contribution in [2.24, 2.45) is 21.7 Å². The SMILES string of the molecule is CC(C)(C)C1=CC(C2=C[C@@](Cl)(C(C)(C)C)C(=O)C(C(C)(C)C)=C2)=C[C@@](Cl)(C(C)(C)C)C1=O. The highest BCUT2D eigenvalue weighted by atomic mass is 35.5. The van der Waals surface area contributed by atoms with Crippen LogP contribution in [0.25, 0.3) is 0 Å². The van der Waals surface area contributed by atoms with Crippen LogP contribution in [0.2, 0.25) is 0 Å². The second-order valence-corrected chi connectivity index (χ2v) is 14.6. The van der Waals surface area contributed by atoms with E-state index in [1.807, 2.05) is 107 Å². The first-order valence-electron chi connectivity index (χ1n) is 11.3. The molecule has 2 nitrogen and oxygen atoms in total. The van der Waals surface area contributed by atoms with E-state index in [1.54, 1.807) is 0 Å². The van der Waals surface area contributed by atoms with Crippen molar-refractivity contribution in [3.8, 4) is 0 Å². The molecule has 0 aromatic heterocycles. The Balaban J connectivity index is 2.92. The van der Waals surface area contributed by atoms with Crippen molar-refractivity contribution in [2.75, 3.05) is 0 Å². The standard InChI is InChI=1S/C28H40Cl2O2/c1-23(2,3)19-13-17(15-27(29,21(19)31)25(7,8)9)18-14-20(24(4,5)6)22(32)28(30,16-18)26(10,11)12/h13-16H,1-12H3/t27-,28-/m0/s1. The summed E-state index contributed by atoms with van der Waals surface area (Å²) in [6, 6.07) is 0. The lowest BCUT2D eigenvalue weighted by atomic mass is 9.64. The van der Waals surface area contributed by atoms with E-state index in [-0.39, 0.29) is 22.4 Å². The molecule has 0 aromatic rings. The van der Waals surface area contributed by atoms with Gasteiger partial charge in [-0.15, -0.1) is 23.2 Å². The van der Waals surface area contributed by atoms with Crippen LogP contribution in [0.1, 0.15) is 83.1 Å². The molecule has 2 aliphatic carbocycles. The van der Waals surface area contributed by atoms with Crippen LogP contribution in [0.4, 0.5) is 0 Å². The molecule has 0 amide bonds. The van der Waals surface area contributed by atoms with Gasteiger partial charge in [0.2, 0.25) is 0 Å². The summed E-state index contributed by atoms with van der Waals surface area (Å²) in [6.07, 6.45) is 7.61. The summed E-state index contributed by atoms with van der Waals surface area (Å²) in [6.45, 7) is 24.0. The molecule has 0 spiro atoms. The topological polar surface area (TPSA) is 34.1 Å². The number of Topliss-reactive ketones (excluding diaryl/α,β-unsaturated/α-hetero) is 2. The number of rotatable bonds is 1. The lowest BCUT2D eigenvalue weighted by molar-refractivity contribution is -0.121. The number of ketones is 2. The van der Waals surface area contributed by atoms with Crippen LogP contribution in [-0.4, -0.2) is 21.3 Å². The molecule has 0 unspecified atom stereocenters. The summed E-state index contributed by atoms with van der Waals surface area (Å²) in [7, 11) is 0. The van der Waals surface area contributed by atoms with Gasteiger partial charge in [-0.2, -0.15) is 0 Å². The van der Waals surface area contributed by atoms with E-state index in [2.05, 4.69) is 0 Å². The monoisotopic (exact) mass is 478 g/mol. The molecule has 178 valence electrons. The Morgan fingerprint density at radius 2 is 0.812 bits per heavy atom. The summed E-state index contributed by atoms with van der Waals surface area (Å²) in [5.41, 5.74) is 1.25. The van der Waals surface area contributed by atoms with Crippen LogP contribution in [-0.2, 0) is 9.59 Å². The van der Waals surface area contributed by atoms with Crippen LogP contribution in [0.5, 0.6) is 0 Å². The van der Waals surface area contributed by atoms with E-state index in [1.165, 1.54) is 0 Å². The average molecular weight is 480 g/mol. The van der Waals surface area contributed by atoms with Crippen LogP contribution in [0.3, 0.4) is 0 Å². The molecule has 0 saturated carbocycles. The summed E-state index contributed by atoms with van der Waals surface area (Å²) in [5.74, 6) is -0.133. The summed E-state index contributed by atoms with van der Waals surface area (Å²) < 4.78 is 0. The van der Waals surface area contributed by atoms with Crippen molar-refractivity contribution in [2.45, 2.75) is 92.8 Å². The van der Waals surface area contributed by atoms with Crippen LogP contribution in [0, 0.1) is 21.7 Å². The minimum Gasteiger partial charge on any atom is -0.292 e. The summed E-state index contributed by atoms with van der Waals surface area (Å²) in [4.78, 5) is 24.7. The third-order valence-corrected chi connectivity index (χ3v) is 8.29. The third kappa shape index (κ3) is 4.47. The molecular formula is C28H40Cl2O2. The van der Waals surface area contributed by atoms with Crippen molar-refractivity contribution in [3.05, 3.63) is 46.6 Å². The van der Waals surface area contributed by atoms with Crippen LogP contribution >= 0.6 is 23.2 Å². The molecule has 0 N–H and O–H groups in total. The van der Waals surface area contributed by atoms with Crippen molar-refractivity contribution in [1.82, 2.24) is 0 Å². The molecule has 0 radical (unpaired) electrons. The van der Waals surface area contributed by atoms with E-state index in [9.17, 15) is 9.59 Å². The maximum Gasteiger partial charge on any atom is 0.184 e. The molecule has 0 bridgehead atoms. The zero-order chi connectivity index (χ0) is 25.3. The Bertz CT molecular complexity index is 883. The van der Waals surface area contributed by atoms with Gasteiger partial charge in [-0.05, 0) is 57.1 Å². The molecule has 0 fully saturated rings. The number of allylic oxidation sites excluding steroid dienone is 8. The first kappa shape index (κ1) is 27.1. The minimum atomic E-state index is -1.20. The maximum absolute atomic E-state index is 13.6. The maximum atomic E-state index is 13.6. The number of carbonyl (C=O) groups is 2. The van der Waals surface area contributed by atoms with Gasteiger partial charge in [-0.25, -0.2) is 0 Å². The first-order chi connectivity index (χ1) is 14.0. The lowest BCUT2D eigenvalue weighted by Gasteiger charge is -2.43. The van der Waals surface area contributed by atoms with Gasteiger partial charge in [0.15, 0.2) is 11.6 Å². The minimum absolute atomic E-state index is 0.0663. The molecule has 4 heteroatoms. The molecule has 2 atom stereocenters. The number of hydrogen-bond donors (Lipinski definition) is 0. The van der Waals surface area contributed by atoms with Gasteiger partial charge >= 0.3 is 0 Å². The Labute approximate surface area is 205 Å². The Morgan fingerprint density at radius 1 is 0.562 bits per heavy atom. The molecule has 0 aromatic carbocycles. The van der Waals surface area contributed by atoms with E-state index >= 15 is 0 Å². The predicted molar refractivity (Wildman–Crippen MR) is 137 cm³/mol. The predicted octanol–water partition coefficient (Wildman–Crippen LogP) is 8.00. The van der Waals surface area contributed by atoms with Gasteiger partial charge in [0, 0.05) is 11.1 Å². The highest BCUT2D eigenvalue weighted by molar-refractivity contribution is 6.41. The number of carbonyl (C=O) groups excluding carboxylic acids is 2. The zero-order valence-corrected chi connectivity index (χ0v) is 23.4. The highest BCUT2D eigenvalue weighted by Crippen LogP contribution is 2.51. The normalized spacial score (nSPS) is 28.2. The van der Waals surface area contributed by atoms with Crippen LogP contribution in [0.15, 0.2) is 46.6 Å². The van der Waals surface area contributed by atoms with Crippen molar-refractivity contribution >= 4 is 34.8 Å². The second-order valence-electron chi connectivity index (χ2n) is 13.4. The number of halogens is 2. The fourth-order valence-electron chi connectivity index (χ4n) is 4.04. The number of hydrogen-bond acceptors (Lipinski definition) is 2. The lowest BCUT2D eigenvalue weighted by Crippen LogP contribution is -2.49. The molecule has 0 heterocycles. The molecule has 32 heavy (non-hydrogen) atoms. The second kappa shape index (κ2) is 7.70. The van der Waals surface area contributed by atoms with Crippen molar-refractivity contribution in [3.63, 3.8) is 0 Å². The quantitative estimate of drug-likeness (QED) is 0.357. The van der Waals surface area contributed by atoms with Gasteiger partial charge in [0.1, 0.15) is 9.75 Å². The van der Waals surface area contributed by atoms with E-state index in [0.717, 1.165) is 11.1 Å². The molecule has 0 saturated heterocycles. The summed E-state index contributed by atoms with van der Waals surface area (Å²) in [5, 5.41) is 0.